The van der Waals surface area contributed by atoms with Crippen molar-refractivity contribution < 1.29 is 0 Å². The van der Waals surface area contributed by atoms with Gasteiger partial charge in [-0.25, -0.2) is 9.97 Å². The van der Waals surface area contributed by atoms with Crippen molar-refractivity contribution in [3.63, 3.8) is 0 Å². The van der Waals surface area contributed by atoms with Crippen LogP contribution >= 0.6 is 0 Å². The molecule has 2 aliphatic rings. The Balaban J connectivity index is 1.53. The Hall–Kier alpha value is -2.05. The molecule has 0 aromatic carbocycles. The van der Waals surface area contributed by atoms with E-state index in [9.17, 15) is 0 Å². The van der Waals surface area contributed by atoms with Crippen molar-refractivity contribution >= 4 is 5.82 Å². The quantitative estimate of drug-likeness (QED) is 0.829. The fourth-order valence-corrected chi connectivity index (χ4v) is 4.33. The van der Waals surface area contributed by atoms with Gasteiger partial charge in [0.05, 0.1) is 17.4 Å². The molecule has 6 heteroatoms. The lowest BCUT2D eigenvalue weighted by Gasteiger charge is -2.33. The molecule has 2 aromatic heterocycles. The molecule has 2 fully saturated rings. The number of likely N-dealkylation sites (tertiary alicyclic amines) is 1. The van der Waals surface area contributed by atoms with Gasteiger partial charge in [0.1, 0.15) is 11.6 Å². The molecule has 6 nitrogen and oxygen atoms in total. The van der Waals surface area contributed by atoms with Crippen molar-refractivity contribution in [1.82, 2.24) is 24.8 Å². The van der Waals surface area contributed by atoms with Crippen molar-refractivity contribution in [3.05, 3.63) is 47.7 Å². The number of rotatable bonds is 4. The zero-order valence-corrected chi connectivity index (χ0v) is 16.7. The van der Waals surface area contributed by atoms with Crippen LogP contribution in [0.5, 0.6) is 0 Å². The van der Waals surface area contributed by atoms with Crippen LogP contribution in [0.25, 0.3) is 0 Å². The van der Waals surface area contributed by atoms with Gasteiger partial charge in [-0.3, -0.25) is 9.88 Å². The Morgan fingerprint density at radius 3 is 2.63 bits per heavy atom. The topological polar surface area (TPSA) is 48.4 Å². The number of hydrogen-bond donors (Lipinski definition) is 0. The molecule has 2 aromatic rings. The summed E-state index contributed by atoms with van der Waals surface area (Å²) < 4.78 is 0. The first-order valence-corrected chi connectivity index (χ1v) is 10.0. The van der Waals surface area contributed by atoms with Gasteiger partial charge in [-0.05, 0) is 45.0 Å². The summed E-state index contributed by atoms with van der Waals surface area (Å²) in [4.78, 5) is 21.4. The molecule has 27 heavy (non-hydrogen) atoms. The first kappa shape index (κ1) is 18.3. The standard InChI is InChI=1S/C21H30N6/c1-16-7-9-27(21(16)19-6-4-5-8-22-19)15-18-14-20(24-17(2)23-18)26-12-10-25(3)11-13-26/h4-6,8,14,16,21H,7,9-13,15H2,1-3H3/t16-,21+/m1/s1. The SMILES string of the molecule is Cc1nc(CN2CC[C@@H](C)[C@H]2c2ccccn2)cc(N2CCN(C)CC2)n1. The fourth-order valence-electron chi connectivity index (χ4n) is 4.33. The summed E-state index contributed by atoms with van der Waals surface area (Å²) in [6, 6.07) is 8.79. The zero-order chi connectivity index (χ0) is 18.8. The third kappa shape index (κ3) is 4.12. The molecule has 0 bridgehead atoms. The van der Waals surface area contributed by atoms with Gasteiger partial charge in [-0.2, -0.15) is 0 Å². The van der Waals surface area contributed by atoms with Crippen molar-refractivity contribution in [2.24, 2.45) is 5.92 Å². The summed E-state index contributed by atoms with van der Waals surface area (Å²) in [5.41, 5.74) is 2.29. The molecule has 0 amide bonds. The van der Waals surface area contributed by atoms with E-state index in [2.05, 4.69) is 51.9 Å². The average Bonchev–Trinajstić information content (AvgIpc) is 3.02. The Morgan fingerprint density at radius 2 is 1.89 bits per heavy atom. The van der Waals surface area contributed by atoms with Gasteiger partial charge in [0.25, 0.3) is 0 Å². The van der Waals surface area contributed by atoms with Crippen molar-refractivity contribution in [1.29, 1.82) is 0 Å². The monoisotopic (exact) mass is 366 g/mol. The fraction of sp³-hybridized carbons (Fsp3) is 0.571. The smallest absolute Gasteiger partial charge is 0.132 e. The lowest BCUT2D eigenvalue weighted by atomic mass is 9.99. The number of nitrogens with zero attached hydrogens (tertiary/aromatic N) is 6. The minimum atomic E-state index is 0.369. The van der Waals surface area contributed by atoms with Crippen molar-refractivity contribution in [2.45, 2.75) is 32.9 Å². The van der Waals surface area contributed by atoms with Crippen molar-refractivity contribution in [2.75, 3.05) is 44.7 Å². The maximum Gasteiger partial charge on any atom is 0.132 e. The van der Waals surface area contributed by atoms with E-state index in [1.807, 2.05) is 19.2 Å². The molecule has 4 rings (SSSR count). The third-order valence-corrected chi connectivity index (χ3v) is 5.86. The van der Waals surface area contributed by atoms with Crippen LogP contribution in [0.2, 0.25) is 0 Å². The second-order valence-electron chi connectivity index (χ2n) is 7.99. The summed E-state index contributed by atoms with van der Waals surface area (Å²) in [6.07, 6.45) is 3.11. The Kier molecular flexibility index (Phi) is 5.36. The van der Waals surface area contributed by atoms with Gasteiger partial charge in [-0.1, -0.05) is 13.0 Å². The van der Waals surface area contributed by atoms with Gasteiger partial charge in [0.2, 0.25) is 0 Å². The summed E-state index contributed by atoms with van der Waals surface area (Å²) in [5.74, 6) is 2.55. The number of piperazine rings is 1. The number of anilines is 1. The number of pyridine rings is 1. The highest BCUT2D eigenvalue weighted by Gasteiger charge is 2.33. The van der Waals surface area contributed by atoms with E-state index < -0.39 is 0 Å². The van der Waals surface area contributed by atoms with Crippen LogP contribution in [0.1, 0.15) is 36.6 Å². The molecule has 4 heterocycles. The first-order chi connectivity index (χ1) is 13.1. The zero-order valence-electron chi connectivity index (χ0n) is 16.7. The molecule has 2 atom stereocenters. The van der Waals surface area contributed by atoms with Crippen LogP contribution in [0.15, 0.2) is 30.5 Å². The molecule has 0 unspecified atom stereocenters. The maximum absolute atomic E-state index is 4.75. The summed E-state index contributed by atoms with van der Waals surface area (Å²) in [5, 5.41) is 0. The van der Waals surface area contributed by atoms with E-state index in [1.165, 1.54) is 12.1 Å². The predicted molar refractivity (Wildman–Crippen MR) is 108 cm³/mol. The minimum absolute atomic E-state index is 0.369. The molecule has 0 saturated carbocycles. The summed E-state index contributed by atoms with van der Waals surface area (Å²) >= 11 is 0. The lowest BCUT2D eigenvalue weighted by molar-refractivity contribution is 0.218. The molecular weight excluding hydrogens is 336 g/mol. The molecule has 0 N–H and O–H groups in total. The van der Waals surface area contributed by atoms with Crippen LogP contribution in [-0.4, -0.2) is 64.5 Å². The van der Waals surface area contributed by atoms with E-state index in [-0.39, 0.29) is 0 Å². The van der Waals surface area contributed by atoms with E-state index >= 15 is 0 Å². The lowest BCUT2D eigenvalue weighted by Crippen LogP contribution is -2.45. The number of aryl methyl sites for hydroxylation is 1. The second kappa shape index (κ2) is 7.90. The van der Waals surface area contributed by atoms with Gasteiger partial charge < -0.3 is 9.80 Å². The Bertz CT molecular complexity index is 757. The third-order valence-electron chi connectivity index (χ3n) is 5.86. The minimum Gasteiger partial charge on any atom is -0.354 e. The molecule has 0 radical (unpaired) electrons. The van der Waals surface area contributed by atoms with Crippen LogP contribution in [0.3, 0.4) is 0 Å². The van der Waals surface area contributed by atoms with Crippen LogP contribution in [0.4, 0.5) is 5.82 Å². The number of hydrogen-bond acceptors (Lipinski definition) is 6. The maximum atomic E-state index is 4.75. The molecular formula is C21H30N6. The Morgan fingerprint density at radius 1 is 1.07 bits per heavy atom. The summed E-state index contributed by atoms with van der Waals surface area (Å²) in [6.45, 7) is 10.5. The number of aromatic nitrogens is 3. The highest BCUT2D eigenvalue weighted by molar-refractivity contribution is 5.40. The van der Waals surface area contributed by atoms with Crippen LogP contribution in [-0.2, 0) is 6.54 Å². The molecule has 144 valence electrons. The van der Waals surface area contributed by atoms with Gasteiger partial charge in [0.15, 0.2) is 0 Å². The molecule has 2 saturated heterocycles. The Labute approximate surface area is 162 Å². The van der Waals surface area contributed by atoms with E-state index in [0.29, 0.717) is 12.0 Å². The average molecular weight is 367 g/mol. The molecule has 0 aliphatic carbocycles. The van der Waals surface area contributed by atoms with Gasteiger partial charge in [0, 0.05) is 45.0 Å². The normalized spacial score (nSPS) is 24.5. The molecule has 2 aliphatic heterocycles. The molecule has 0 spiro atoms. The highest BCUT2D eigenvalue weighted by atomic mass is 15.3. The highest BCUT2D eigenvalue weighted by Crippen LogP contribution is 2.36. The van der Waals surface area contributed by atoms with E-state index in [0.717, 1.165) is 56.6 Å². The van der Waals surface area contributed by atoms with Crippen LogP contribution in [0, 0.1) is 12.8 Å². The van der Waals surface area contributed by atoms with Crippen molar-refractivity contribution in [3.8, 4) is 0 Å². The van der Waals surface area contributed by atoms with Gasteiger partial charge >= 0.3 is 0 Å². The summed E-state index contributed by atoms with van der Waals surface area (Å²) in [7, 11) is 2.18. The number of likely N-dealkylation sites (N-methyl/N-ethyl adjacent to an activating group) is 1. The largest absolute Gasteiger partial charge is 0.354 e. The second-order valence-corrected chi connectivity index (χ2v) is 7.99. The van der Waals surface area contributed by atoms with Gasteiger partial charge in [-0.15, -0.1) is 0 Å². The predicted octanol–water partition coefficient (Wildman–Crippen LogP) is 2.51. The van der Waals surface area contributed by atoms with Crippen LogP contribution < -0.4 is 4.90 Å². The van der Waals surface area contributed by atoms with E-state index in [4.69, 9.17) is 9.97 Å². The first-order valence-electron chi connectivity index (χ1n) is 10.0. The van der Waals surface area contributed by atoms with E-state index in [1.54, 1.807) is 0 Å².